The maximum atomic E-state index is 13.3. The van der Waals surface area contributed by atoms with E-state index in [1.54, 1.807) is 23.3 Å². The quantitative estimate of drug-likeness (QED) is 0.435. The molecular formula is C24H34N2O3S. The normalized spacial score (nSPS) is 10.8. The number of hydrogen-bond acceptors (Lipinski definition) is 4. The number of carbonyl (C=O) groups excluding carboxylic acids is 2. The standard InChI is InChI=1S/C24H34N2O3S/c1-4-5-7-12-23(27)25(14-15-29-3)19-24(28)26(17-21-10-8-6-9-11-21)18-22-20(2)13-16-30-22/h6,8-11,13,16H,4-5,7,12,14-15,17-19H2,1-3H3. The van der Waals surface area contributed by atoms with E-state index in [0.29, 0.717) is 32.7 Å². The van der Waals surface area contributed by atoms with Crippen LogP contribution in [0.5, 0.6) is 0 Å². The number of nitrogens with zero attached hydrogens (tertiary/aromatic N) is 2. The molecule has 0 aliphatic rings. The summed E-state index contributed by atoms with van der Waals surface area (Å²) in [6.45, 7) is 6.22. The second-order valence-electron chi connectivity index (χ2n) is 7.53. The molecule has 0 bridgehead atoms. The van der Waals surface area contributed by atoms with E-state index in [2.05, 4.69) is 25.3 Å². The molecule has 2 aromatic rings. The smallest absolute Gasteiger partial charge is 0.242 e. The summed E-state index contributed by atoms with van der Waals surface area (Å²) in [5, 5.41) is 2.05. The van der Waals surface area contributed by atoms with Crippen LogP contribution in [0, 0.1) is 6.92 Å². The molecular weight excluding hydrogens is 396 g/mol. The van der Waals surface area contributed by atoms with Crippen molar-refractivity contribution in [2.75, 3.05) is 26.8 Å². The van der Waals surface area contributed by atoms with E-state index >= 15 is 0 Å². The van der Waals surface area contributed by atoms with Gasteiger partial charge < -0.3 is 14.5 Å². The van der Waals surface area contributed by atoms with Crippen LogP contribution in [0.3, 0.4) is 0 Å². The maximum absolute atomic E-state index is 13.3. The highest BCUT2D eigenvalue weighted by molar-refractivity contribution is 7.10. The van der Waals surface area contributed by atoms with Gasteiger partial charge in [-0.1, -0.05) is 50.1 Å². The third kappa shape index (κ3) is 7.92. The molecule has 2 rings (SSSR count). The Morgan fingerprint density at radius 1 is 1.00 bits per heavy atom. The maximum Gasteiger partial charge on any atom is 0.242 e. The third-order valence-corrected chi connectivity index (χ3v) is 6.12. The van der Waals surface area contributed by atoms with Gasteiger partial charge in [0.2, 0.25) is 11.8 Å². The van der Waals surface area contributed by atoms with Crippen molar-refractivity contribution in [3.8, 4) is 0 Å². The lowest BCUT2D eigenvalue weighted by molar-refractivity contribution is -0.141. The monoisotopic (exact) mass is 430 g/mol. The van der Waals surface area contributed by atoms with Crippen molar-refractivity contribution in [2.24, 2.45) is 0 Å². The van der Waals surface area contributed by atoms with Crippen LogP contribution < -0.4 is 0 Å². The van der Waals surface area contributed by atoms with E-state index in [4.69, 9.17) is 4.74 Å². The molecule has 1 aromatic heterocycles. The second-order valence-corrected chi connectivity index (χ2v) is 8.53. The molecule has 1 heterocycles. The number of thiophene rings is 1. The van der Waals surface area contributed by atoms with E-state index in [9.17, 15) is 9.59 Å². The first-order valence-corrected chi connectivity index (χ1v) is 11.5. The topological polar surface area (TPSA) is 49.9 Å². The Bertz CT molecular complexity index is 776. The van der Waals surface area contributed by atoms with Crippen LogP contribution in [0.25, 0.3) is 0 Å². The SMILES string of the molecule is CCCCCC(=O)N(CCOC)CC(=O)N(Cc1ccccc1)Cc1sccc1C. The fourth-order valence-corrected chi connectivity index (χ4v) is 4.14. The summed E-state index contributed by atoms with van der Waals surface area (Å²) in [6.07, 6.45) is 3.42. The molecule has 0 saturated heterocycles. The van der Waals surface area contributed by atoms with Crippen molar-refractivity contribution in [3.05, 3.63) is 57.8 Å². The summed E-state index contributed by atoms with van der Waals surface area (Å²) < 4.78 is 5.17. The van der Waals surface area contributed by atoms with E-state index in [1.807, 2.05) is 35.2 Å². The number of unbranched alkanes of at least 4 members (excludes halogenated alkanes) is 2. The lowest BCUT2D eigenvalue weighted by Crippen LogP contribution is -2.43. The number of ether oxygens (including phenoxy) is 1. The first-order chi connectivity index (χ1) is 14.5. The molecule has 0 radical (unpaired) electrons. The van der Waals surface area contributed by atoms with Gasteiger partial charge in [0.25, 0.3) is 0 Å². The fourth-order valence-electron chi connectivity index (χ4n) is 3.22. The molecule has 0 aliphatic heterocycles. The van der Waals surface area contributed by atoms with E-state index in [1.165, 1.54) is 10.4 Å². The van der Waals surface area contributed by atoms with E-state index in [-0.39, 0.29) is 18.4 Å². The first kappa shape index (κ1) is 24.1. The van der Waals surface area contributed by atoms with Gasteiger partial charge in [0, 0.05) is 31.5 Å². The molecule has 6 heteroatoms. The number of methoxy groups -OCH3 is 1. The molecule has 0 saturated carbocycles. The van der Waals surface area contributed by atoms with Crippen LogP contribution in [0.1, 0.15) is 48.6 Å². The molecule has 0 spiro atoms. The predicted molar refractivity (Wildman–Crippen MR) is 122 cm³/mol. The van der Waals surface area contributed by atoms with Crippen molar-refractivity contribution >= 4 is 23.2 Å². The number of rotatable bonds is 13. The molecule has 0 aliphatic carbocycles. The van der Waals surface area contributed by atoms with Crippen molar-refractivity contribution in [1.82, 2.24) is 9.80 Å². The highest BCUT2D eigenvalue weighted by Gasteiger charge is 2.22. The summed E-state index contributed by atoms with van der Waals surface area (Å²) in [6, 6.07) is 12.1. The van der Waals surface area contributed by atoms with Gasteiger partial charge in [-0.05, 0) is 35.9 Å². The van der Waals surface area contributed by atoms with Crippen molar-refractivity contribution in [1.29, 1.82) is 0 Å². The number of carbonyl (C=O) groups is 2. The summed E-state index contributed by atoms with van der Waals surface area (Å²) in [7, 11) is 1.61. The Labute approximate surface area is 184 Å². The minimum Gasteiger partial charge on any atom is -0.383 e. The zero-order valence-electron chi connectivity index (χ0n) is 18.4. The molecule has 0 N–H and O–H groups in total. The Hall–Kier alpha value is -2.18. The van der Waals surface area contributed by atoms with Crippen molar-refractivity contribution < 1.29 is 14.3 Å². The van der Waals surface area contributed by atoms with Gasteiger partial charge in [0.05, 0.1) is 19.7 Å². The Morgan fingerprint density at radius 3 is 2.40 bits per heavy atom. The Morgan fingerprint density at radius 2 is 1.77 bits per heavy atom. The lowest BCUT2D eigenvalue weighted by Gasteiger charge is -2.28. The average molecular weight is 431 g/mol. The van der Waals surface area contributed by atoms with Crippen LogP contribution in [0.2, 0.25) is 0 Å². The van der Waals surface area contributed by atoms with Gasteiger partial charge in [-0.2, -0.15) is 0 Å². The summed E-state index contributed by atoms with van der Waals surface area (Å²) in [5.41, 5.74) is 2.27. The number of aryl methyl sites for hydroxylation is 1. The number of hydrogen-bond donors (Lipinski definition) is 0. The number of benzene rings is 1. The van der Waals surface area contributed by atoms with E-state index < -0.39 is 0 Å². The summed E-state index contributed by atoms with van der Waals surface area (Å²) in [5.74, 6) is -0.00703. The zero-order chi connectivity index (χ0) is 21.8. The van der Waals surface area contributed by atoms with Crippen LogP contribution in [-0.4, -0.2) is 48.4 Å². The van der Waals surface area contributed by atoms with Crippen molar-refractivity contribution in [2.45, 2.75) is 52.6 Å². The minimum absolute atomic E-state index is 0.0285. The molecule has 5 nitrogen and oxygen atoms in total. The Kier molecular flexibility index (Phi) is 10.6. The highest BCUT2D eigenvalue weighted by Crippen LogP contribution is 2.20. The Balaban J connectivity index is 2.12. The van der Waals surface area contributed by atoms with Gasteiger partial charge in [0.15, 0.2) is 0 Å². The number of amides is 2. The van der Waals surface area contributed by atoms with Gasteiger partial charge in [-0.15, -0.1) is 11.3 Å². The average Bonchev–Trinajstić information content (AvgIpc) is 3.15. The van der Waals surface area contributed by atoms with Crippen LogP contribution in [-0.2, 0) is 27.4 Å². The highest BCUT2D eigenvalue weighted by atomic mass is 32.1. The molecule has 2 amide bonds. The largest absolute Gasteiger partial charge is 0.383 e. The van der Waals surface area contributed by atoms with Gasteiger partial charge in [0.1, 0.15) is 0 Å². The van der Waals surface area contributed by atoms with Crippen molar-refractivity contribution in [3.63, 3.8) is 0 Å². The molecule has 0 fully saturated rings. The second kappa shape index (κ2) is 13.2. The lowest BCUT2D eigenvalue weighted by atomic mass is 10.2. The molecule has 164 valence electrons. The van der Waals surface area contributed by atoms with Crippen LogP contribution >= 0.6 is 11.3 Å². The molecule has 0 atom stereocenters. The van der Waals surface area contributed by atoms with Gasteiger partial charge >= 0.3 is 0 Å². The molecule has 0 unspecified atom stereocenters. The predicted octanol–water partition coefficient (Wildman–Crippen LogP) is 4.64. The van der Waals surface area contributed by atoms with Crippen LogP contribution in [0.15, 0.2) is 41.8 Å². The fraction of sp³-hybridized carbons (Fsp3) is 0.500. The first-order valence-electron chi connectivity index (χ1n) is 10.7. The van der Waals surface area contributed by atoms with E-state index in [0.717, 1.165) is 24.8 Å². The minimum atomic E-state index is -0.0356. The van der Waals surface area contributed by atoms with Crippen LogP contribution in [0.4, 0.5) is 0 Å². The van der Waals surface area contributed by atoms with Gasteiger partial charge in [-0.3, -0.25) is 9.59 Å². The zero-order valence-corrected chi connectivity index (χ0v) is 19.2. The molecule has 1 aromatic carbocycles. The summed E-state index contributed by atoms with van der Waals surface area (Å²) >= 11 is 1.66. The van der Waals surface area contributed by atoms with Gasteiger partial charge in [-0.25, -0.2) is 0 Å². The molecule has 30 heavy (non-hydrogen) atoms. The summed E-state index contributed by atoms with van der Waals surface area (Å²) in [4.78, 5) is 30.7. The third-order valence-electron chi connectivity index (χ3n) is 5.11.